The third-order valence-corrected chi connectivity index (χ3v) is 8.26. The molecule has 0 aromatic rings. The average Bonchev–Trinajstić information content (AvgIpc) is 2.55. The van der Waals surface area contributed by atoms with Gasteiger partial charge in [-0.3, -0.25) is 0 Å². The Balaban J connectivity index is 5.97. The number of rotatable bonds is 13. The Hall–Kier alpha value is -0.259. The zero-order valence-electron chi connectivity index (χ0n) is 18.4. The van der Waals surface area contributed by atoms with Crippen LogP contribution in [-0.2, 0) is 23.1 Å². The second kappa shape index (κ2) is 10.3. The highest BCUT2D eigenvalue weighted by Crippen LogP contribution is 2.46. The fraction of sp³-hybridized carbons (Fsp3) is 0.833. The van der Waals surface area contributed by atoms with Crippen molar-refractivity contribution in [1.29, 1.82) is 0 Å². The lowest BCUT2D eigenvalue weighted by molar-refractivity contribution is -0.246. The maximum Gasteiger partial charge on any atom is 0.330 e. The summed E-state index contributed by atoms with van der Waals surface area (Å²) in [5.41, 5.74) is -2.30. The van der Waals surface area contributed by atoms with E-state index < -0.39 is 31.1 Å². The van der Waals surface area contributed by atoms with Crippen LogP contribution in [0.5, 0.6) is 0 Å². The van der Waals surface area contributed by atoms with Crippen molar-refractivity contribution in [3.8, 4) is 0 Å². The maximum absolute atomic E-state index is 12.1. The molecule has 0 aromatic heterocycles. The predicted octanol–water partition coefficient (Wildman–Crippen LogP) is 2.06. The van der Waals surface area contributed by atoms with E-state index in [1.54, 1.807) is 7.11 Å². The van der Waals surface area contributed by atoms with Crippen molar-refractivity contribution in [2.45, 2.75) is 83.4 Å². The molecule has 0 fully saturated rings. The lowest BCUT2D eigenvalue weighted by Gasteiger charge is -2.55. The van der Waals surface area contributed by atoms with E-state index >= 15 is 0 Å². The van der Waals surface area contributed by atoms with Crippen molar-refractivity contribution in [3.63, 3.8) is 0 Å². The van der Waals surface area contributed by atoms with Crippen LogP contribution in [0.25, 0.3) is 0 Å². The third-order valence-electron chi connectivity index (χ3n) is 5.27. The highest BCUT2D eigenvalue weighted by molar-refractivity contribution is 6.85. The van der Waals surface area contributed by atoms with E-state index in [4.69, 9.17) is 18.3 Å². The van der Waals surface area contributed by atoms with Crippen LogP contribution in [0.1, 0.15) is 47.0 Å². The quantitative estimate of drug-likeness (QED) is 0.198. The van der Waals surface area contributed by atoms with Gasteiger partial charge in [-0.25, -0.2) is 4.79 Å². The molecule has 0 rings (SSSR count). The third kappa shape index (κ3) is 6.42. The van der Waals surface area contributed by atoms with E-state index in [9.17, 15) is 4.79 Å². The minimum Gasteiger partial charge on any atom is -0.453 e. The van der Waals surface area contributed by atoms with Crippen LogP contribution < -0.4 is 0 Å². The lowest BCUT2D eigenvalue weighted by atomic mass is 9.70. The molecular formula is C18H40O5Si3. The molecule has 8 heteroatoms. The van der Waals surface area contributed by atoms with Gasteiger partial charge in [-0.1, -0.05) is 13.5 Å². The molecular weight excluding hydrogens is 380 g/mol. The van der Waals surface area contributed by atoms with Gasteiger partial charge in [-0.15, -0.1) is 0 Å². The van der Waals surface area contributed by atoms with Gasteiger partial charge in [-0.05, 0) is 59.7 Å². The number of carbonyl (C=O) groups excluding carboxylic acids is 1. The highest BCUT2D eigenvalue weighted by atomic mass is 29.1. The second-order valence-corrected chi connectivity index (χ2v) is 15.3. The van der Waals surface area contributed by atoms with E-state index in [2.05, 4.69) is 40.1 Å². The van der Waals surface area contributed by atoms with Crippen LogP contribution >= 0.6 is 0 Å². The van der Waals surface area contributed by atoms with E-state index in [0.717, 1.165) is 22.6 Å². The molecule has 0 aliphatic heterocycles. The summed E-state index contributed by atoms with van der Waals surface area (Å²) in [7, 11) is 0.649. The maximum atomic E-state index is 12.1. The first-order valence-corrected chi connectivity index (χ1v) is 19.2. The number of ether oxygens (including phenoxy) is 2. The van der Waals surface area contributed by atoms with Gasteiger partial charge >= 0.3 is 5.97 Å². The van der Waals surface area contributed by atoms with Crippen molar-refractivity contribution in [3.05, 3.63) is 12.7 Å². The van der Waals surface area contributed by atoms with Crippen LogP contribution in [0.4, 0.5) is 0 Å². The standard InChI is InChI=1S/C18H40O5Si3/c1-10-15(19)22-17(4,13-12-14-21-25-24)18(5,20-6)16(3,11-2)23-26(7,8)9/h10H,1,11-14,25H2,2-9,24H3. The summed E-state index contributed by atoms with van der Waals surface area (Å²) in [6.45, 7) is 18.8. The van der Waals surface area contributed by atoms with Crippen LogP contribution in [0.2, 0.25) is 19.6 Å². The Kier molecular flexibility index (Phi) is 10.2. The molecule has 5 nitrogen and oxygen atoms in total. The molecule has 0 aliphatic rings. The van der Waals surface area contributed by atoms with Crippen LogP contribution in [-0.4, -0.2) is 63.8 Å². The molecule has 154 valence electrons. The van der Waals surface area contributed by atoms with Gasteiger partial charge in [-0.2, -0.15) is 0 Å². The smallest absolute Gasteiger partial charge is 0.330 e. The van der Waals surface area contributed by atoms with Gasteiger partial charge in [0.15, 0.2) is 8.32 Å². The van der Waals surface area contributed by atoms with Crippen molar-refractivity contribution in [1.82, 2.24) is 0 Å². The first-order valence-electron chi connectivity index (χ1n) is 9.53. The van der Waals surface area contributed by atoms with Gasteiger partial charge in [0.2, 0.25) is 0 Å². The molecule has 3 unspecified atom stereocenters. The van der Waals surface area contributed by atoms with Gasteiger partial charge in [0, 0.05) is 29.6 Å². The summed E-state index contributed by atoms with van der Waals surface area (Å²) in [6.07, 6.45) is 3.39. The SMILES string of the molecule is C=CC(=O)OC(C)(CCCO[SiH2][SiH3])C(C)(OC)C(C)(CC)O[Si](C)(C)C. The average molecular weight is 421 g/mol. The number of methoxy groups -OCH3 is 1. The molecule has 0 saturated heterocycles. The van der Waals surface area contributed by atoms with Gasteiger partial charge in [0.25, 0.3) is 0 Å². The van der Waals surface area contributed by atoms with E-state index in [0.29, 0.717) is 13.0 Å². The Bertz CT molecular complexity index is 468. The summed E-state index contributed by atoms with van der Waals surface area (Å²) in [4.78, 5) is 12.1. The largest absolute Gasteiger partial charge is 0.453 e. The topological polar surface area (TPSA) is 54.0 Å². The predicted molar refractivity (Wildman–Crippen MR) is 117 cm³/mol. The fourth-order valence-electron chi connectivity index (χ4n) is 3.48. The molecule has 0 bridgehead atoms. The molecule has 26 heavy (non-hydrogen) atoms. The fourth-order valence-corrected chi connectivity index (χ4v) is 6.53. The molecule has 0 aliphatic carbocycles. The summed E-state index contributed by atoms with van der Waals surface area (Å²) in [5, 5.41) is 0. The van der Waals surface area contributed by atoms with E-state index in [-0.39, 0.29) is 9.28 Å². The Morgan fingerprint density at radius 3 is 2.19 bits per heavy atom. The van der Waals surface area contributed by atoms with Gasteiger partial charge < -0.3 is 18.3 Å². The molecule has 3 atom stereocenters. The Morgan fingerprint density at radius 2 is 1.81 bits per heavy atom. The van der Waals surface area contributed by atoms with Crippen LogP contribution in [0.3, 0.4) is 0 Å². The molecule has 0 N–H and O–H groups in total. The number of esters is 1. The van der Waals surface area contributed by atoms with E-state index in [1.165, 1.54) is 6.08 Å². The molecule has 0 spiro atoms. The van der Waals surface area contributed by atoms with Crippen molar-refractivity contribution < 1.29 is 23.1 Å². The monoisotopic (exact) mass is 420 g/mol. The van der Waals surface area contributed by atoms with E-state index in [1.807, 2.05) is 13.8 Å². The first kappa shape index (κ1) is 25.7. The van der Waals surface area contributed by atoms with Crippen molar-refractivity contribution in [2.75, 3.05) is 13.7 Å². The number of hydrogen-bond donors (Lipinski definition) is 0. The van der Waals surface area contributed by atoms with Crippen LogP contribution in [0, 0.1) is 0 Å². The summed E-state index contributed by atoms with van der Waals surface area (Å²) < 4.78 is 24.2. The minimum atomic E-state index is -1.87. The van der Waals surface area contributed by atoms with Crippen LogP contribution in [0.15, 0.2) is 12.7 Å². The zero-order chi connectivity index (χ0) is 20.6. The molecule has 0 heterocycles. The van der Waals surface area contributed by atoms with Crippen molar-refractivity contribution >= 4 is 33.3 Å². The lowest BCUT2D eigenvalue weighted by Crippen LogP contribution is -2.68. The Morgan fingerprint density at radius 1 is 1.23 bits per heavy atom. The highest BCUT2D eigenvalue weighted by Gasteiger charge is 2.59. The minimum absolute atomic E-state index is 0.306. The molecule has 0 amide bonds. The molecule has 0 radical (unpaired) electrons. The second-order valence-electron chi connectivity index (χ2n) is 8.19. The van der Waals surface area contributed by atoms with Crippen molar-refractivity contribution in [2.24, 2.45) is 0 Å². The summed E-state index contributed by atoms with van der Waals surface area (Å²) >= 11 is 0. The zero-order valence-corrected chi connectivity index (χ0v) is 22.8. The normalized spacial score (nSPS) is 19.7. The molecule has 0 aromatic carbocycles. The summed E-state index contributed by atoms with van der Waals surface area (Å²) in [5.74, 6) is -0.444. The van der Waals surface area contributed by atoms with Gasteiger partial charge in [0.1, 0.15) is 20.5 Å². The number of hydrogen-bond acceptors (Lipinski definition) is 5. The Labute approximate surface area is 166 Å². The molecule has 0 saturated carbocycles. The summed E-state index contributed by atoms with van der Waals surface area (Å²) in [6, 6.07) is 0. The number of carbonyl (C=O) groups is 1. The van der Waals surface area contributed by atoms with Gasteiger partial charge in [0.05, 0.1) is 5.60 Å². The first-order chi connectivity index (χ1) is 11.8.